The number of carbonyl (C=O) groups is 2. The molecule has 104 valence electrons. The highest BCUT2D eigenvalue weighted by Crippen LogP contribution is 2.25. The molecule has 7 heteroatoms. The van der Waals surface area contributed by atoms with Crippen LogP contribution >= 0.6 is 0 Å². The van der Waals surface area contributed by atoms with Gasteiger partial charge < -0.3 is 15.0 Å². The van der Waals surface area contributed by atoms with E-state index in [0.717, 1.165) is 0 Å². The number of carboxylic acid groups (broad SMARTS) is 1. The Hall–Kier alpha value is -2.57. The van der Waals surface area contributed by atoms with Gasteiger partial charge >= 0.3 is 11.7 Å². The minimum Gasteiger partial charge on any atom is -0.478 e. The molecule has 7 nitrogen and oxygen atoms in total. The maximum absolute atomic E-state index is 12.1. The van der Waals surface area contributed by atoms with E-state index in [1.54, 1.807) is 24.1 Å². The first-order valence-electron chi connectivity index (χ1n) is 6.22. The van der Waals surface area contributed by atoms with Crippen molar-refractivity contribution in [3.05, 3.63) is 34.2 Å². The van der Waals surface area contributed by atoms with Gasteiger partial charge in [-0.15, -0.1) is 0 Å². The summed E-state index contributed by atoms with van der Waals surface area (Å²) in [6, 6.07) is 4.07. The molecule has 0 bridgehead atoms. The van der Waals surface area contributed by atoms with Gasteiger partial charge in [0, 0.05) is 13.6 Å². The molecule has 0 radical (unpaired) electrons. The monoisotopic (exact) mass is 275 g/mol. The number of amides is 1. The molecule has 2 N–H and O–H groups in total. The summed E-state index contributed by atoms with van der Waals surface area (Å²) in [6.07, 6.45) is 0.541. The number of nitrogens with one attached hydrogen (secondary N) is 1. The highest BCUT2D eigenvalue weighted by atomic mass is 16.4. The zero-order chi connectivity index (χ0) is 14.4. The number of H-pyrrole nitrogens is 1. The van der Waals surface area contributed by atoms with Gasteiger partial charge in [0.25, 0.3) is 0 Å². The van der Waals surface area contributed by atoms with Crippen LogP contribution in [0.3, 0.4) is 0 Å². The molecule has 2 heterocycles. The van der Waals surface area contributed by atoms with Crippen molar-refractivity contribution in [2.24, 2.45) is 0 Å². The van der Waals surface area contributed by atoms with Crippen molar-refractivity contribution in [3.8, 4) is 0 Å². The zero-order valence-corrected chi connectivity index (χ0v) is 10.8. The maximum Gasteiger partial charge on any atom is 0.337 e. The number of aromatic carboxylic acids is 1. The summed E-state index contributed by atoms with van der Waals surface area (Å²) < 4.78 is 1.35. The number of hydrogen-bond donors (Lipinski definition) is 2. The first-order chi connectivity index (χ1) is 9.50. The second-order valence-electron chi connectivity index (χ2n) is 4.87. The summed E-state index contributed by atoms with van der Waals surface area (Å²) in [5, 5.41) is 9.14. The fourth-order valence-corrected chi connectivity index (χ4v) is 2.68. The molecule has 1 atom stereocenters. The molecule has 1 fully saturated rings. The third-order valence-corrected chi connectivity index (χ3v) is 3.69. The van der Waals surface area contributed by atoms with Crippen molar-refractivity contribution >= 4 is 22.9 Å². The molecule has 1 saturated heterocycles. The molecule has 1 aliphatic rings. The Kier molecular flexibility index (Phi) is 2.63. The lowest BCUT2D eigenvalue weighted by atomic mass is 10.1. The molecular formula is C13H13N3O4. The Balaban J connectivity index is 2.25. The largest absolute Gasteiger partial charge is 0.478 e. The molecule has 1 amide bonds. The van der Waals surface area contributed by atoms with E-state index >= 15 is 0 Å². The molecule has 1 aromatic heterocycles. The Morgan fingerprint density at radius 1 is 1.40 bits per heavy atom. The smallest absolute Gasteiger partial charge is 0.337 e. The summed E-state index contributed by atoms with van der Waals surface area (Å²) >= 11 is 0. The lowest BCUT2D eigenvalue weighted by Crippen LogP contribution is -2.29. The number of benzene rings is 1. The van der Waals surface area contributed by atoms with Gasteiger partial charge in [0.15, 0.2) is 0 Å². The van der Waals surface area contributed by atoms with E-state index in [2.05, 4.69) is 4.98 Å². The number of fused-ring (bicyclic) bond motifs is 1. The first kappa shape index (κ1) is 12.5. The number of carboxylic acids is 1. The number of para-hydroxylation sites is 1. The van der Waals surface area contributed by atoms with Crippen LogP contribution in [0.5, 0.6) is 0 Å². The molecule has 2 aromatic rings. The van der Waals surface area contributed by atoms with Crippen molar-refractivity contribution in [2.45, 2.75) is 12.5 Å². The average molecular weight is 275 g/mol. The number of carbonyl (C=O) groups excluding carboxylic acids is 1. The summed E-state index contributed by atoms with van der Waals surface area (Å²) in [6.45, 7) is 0.585. The summed E-state index contributed by atoms with van der Waals surface area (Å²) in [7, 11) is 1.69. The Labute approximate surface area is 113 Å². The van der Waals surface area contributed by atoms with Gasteiger partial charge in [-0.2, -0.15) is 0 Å². The molecular weight excluding hydrogens is 262 g/mol. The third kappa shape index (κ3) is 1.63. The van der Waals surface area contributed by atoms with Crippen LogP contribution in [0.4, 0.5) is 0 Å². The van der Waals surface area contributed by atoms with E-state index in [9.17, 15) is 14.4 Å². The van der Waals surface area contributed by atoms with Gasteiger partial charge in [-0.25, -0.2) is 9.59 Å². The van der Waals surface area contributed by atoms with Crippen molar-refractivity contribution < 1.29 is 14.7 Å². The number of likely N-dealkylation sites (tertiary alicyclic amines) is 1. The van der Waals surface area contributed by atoms with E-state index in [1.807, 2.05) is 0 Å². The van der Waals surface area contributed by atoms with Gasteiger partial charge in [-0.05, 0) is 18.6 Å². The van der Waals surface area contributed by atoms with E-state index in [4.69, 9.17) is 5.11 Å². The van der Waals surface area contributed by atoms with Gasteiger partial charge in [-0.3, -0.25) is 9.36 Å². The lowest BCUT2D eigenvalue weighted by molar-refractivity contribution is -0.129. The van der Waals surface area contributed by atoms with E-state index in [1.165, 1.54) is 10.6 Å². The summed E-state index contributed by atoms with van der Waals surface area (Å²) in [4.78, 5) is 39.4. The predicted octanol–water partition coefficient (Wildman–Crippen LogP) is 0.431. The van der Waals surface area contributed by atoms with Gasteiger partial charge in [0.1, 0.15) is 6.04 Å². The fourth-order valence-electron chi connectivity index (χ4n) is 2.68. The Morgan fingerprint density at radius 2 is 2.15 bits per heavy atom. The third-order valence-electron chi connectivity index (χ3n) is 3.69. The second-order valence-corrected chi connectivity index (χ2v) is 4.87. The average Bonchev–Trinajstić information content (AvgIpc) is 2.89. The molecule has 1 aromatic carbocycles. The molecule has 1 unspecified atom stereocenters. The van der Waals surface area contributed by atoms with Crippen molar-refractivity contribution in [3.63, 3.8) is 0 Å². The number of hydrogen-bond acceptors (Lipinski definition) is 3. The van der Waals surface area contributed by atoms with Crippen molar-refractivity contribution in [1.82, 2.24) is 14.5 Å². The van der Waals surface area contributed by atoms with Gasteiger partial charge in [-0.1, -0.05) is 6.07 Å². The number of aromatic amines is 1. The van der Waals surface area contributed by atoms with E-state index in [-0.39, 0.29) is 17.0 Å². The Bertz CT molecular complexity index is 774. The van der Waals surface area contributed by atoms with Crippen molar-refractivity contribution in [1.29, 1.82) is 0 Å². The van der Waals surface area contributed by atoms with Crippen LogP contribution in [0.1, 0.15) is 22.8 Å². The molecule has 20 heavy (non-hydrogen) atoms. The summed E-state index contributed by atoms with van der Waals surface area (Å²) in [5.41, 5.74) is 0.274. The topological polar surface area (TPSA) is 95.4 Å². The number of aromatic nitrogens is 2. The Morgan fingerprint density at radius 3 is 2.75 bits per heavy atom. The van der Waals surface area contributed by atoms with Gasteiger partial charge in [0.05, 0.1) is 16.6 Å². The minimum absolute atomic E-state index is 0.0251. The molecule has 3 rings (SSSR count). The van der Waals surface area contributed by atoms with E-state index in [0.29, 0.717) is 18.5 Å². The molecule has 0 aliphatic carbocycles. The lowest BCUT2D eigenvalue weighted by Gasteiger charge is -2.11. The highest BCUT2D eigenvalue weighted by molar-refractivity contribution is 6.01. The van der Waals surface area contributed by atoms with Crippen molar-refractivity contribution in [2.75, 3.05) is 13.6 Å². The van der Waals surface area contributed by atoms with Crippen LogP contribution in [0, 0.1) is 0 Å². The van der Waals surface area contributed by atoms with Gasteiger partial charge in [0.2, 0.25) is 5.91 Å². The second kappa shape index (κ2) is 4.22. The quantitative estimate of drug-likeness (QED) is 0.830. The maximum atomic E-state index is 12.1. The van der Waals surface area contributed by atoms with Crippen LogP contribution in [-0.2, 0) is 4.79 Å². The van der Waals surface area contributed by atoms with Crippen LogP contribution in [0.15, 0.2) is 23.0 Å². The summed E-state index contributed by atoms with van der Waals surface area (Å²) in [5.74, 6) is -1.24. The fraction of sp³-hybridized carbons (Fsp3) is 0.308. The SMILES string of the molecule is CN1CCC(n2c(=O)[nH]c3c(C(=O)O)cccc32)C1=O. The first-order valence-corrected chi connectivity index (χ1v) is 6.22. The molecule has 0 saturated carbocycles. The van der Waals surface area contributed by atoms with Crippen LogP contribution in [-0.4, -0.2) is 45.0 Å². The number of likely N-dealkylation sites (N-methyl/N-ethyl adjacent to an activating group) is 1. The highest BCUT2D eigenvalue weighted by Gasteiger charge is 2.33. The zero-order valence-electron chi connectivity index (χ0n) is 10.8. The van der Waals surface area contributed by atoms with Crippen LogP contribution in [0.2, 0.25) is 0 Å². The predicted molar refractivity (Wildman–Crippen MR) is 70.8 cm³/mol. The number of nitrogens with zero attached hydrogens (tertiary/aromatic N) is 2. The molecule has 0 spiro atoms. The standard InChI is InChI=1S/C13H13N3O4/c1-15-6-5-9(11(15)17)16-8-4-2-3-7(12(18)19)10(8)14-13(16)20/h2-4,9H,5-6H2,1H3,(H,14,20)(H,18,19). The van der Waals surface area contributed by atoms with Crippen LogP contribution in [0.25, 0.3) is 11.0 Å². The van der Waals surface area contributed by atoms with E-state index < -0.39 is 17.7 Å². The minimum atomic E-state index is -1.11. The number of imidazole rings is 1. The number of rotatable bonds is 2. The molecule has 1 aliphatic heterocycles. The normalized spacial score (nSPS) is 18.9. The van der Waals surface area contributed by atoms with Crippen LogP contribution < -0.4 is 5.69 Å².